The van der Waals surface area contributed by atoms with Crippen LogP contribution < -0.4 is 0 Å². The SMILES string of the molecule is CO[C@@H]1C[C@H](C[C@@H](C)[C@@H]2CC(=O)[C@H](C)/C=C(\C)[C@@H](O)[C@@H](OC)C(=O)[C@H](C)C[C@H](C)/C=C/C=CC=C(C)C(O[C@@H]3C[C@H]4C(=O)N(CCO)C(=O)N4C3)C[C@@H]3CC[C@@H](C)[C@@](O)(O3)C(=O)C(=O)N3CCCC[C@H]3C(=O)O2)CC[C@H]1O. The van der Waals surface area contributed by atoms with E-state index in [1.54, 1.807) is 40.9 Å². The highest BCUT2D eigenvalue weighted by Crippen LogP contribution is 2.39. The number of imide groups is 1. The number of allylic oxidation sites excluding steroid dienone is 6. The van der Waals surface area contributed by atoms with Crippen molar-refractivity contribution in [2.24, 2.45) is 35.5 Å². The summed E-state index contributed by atoms with van der Waals surface area (Å²) in [5.74, 6) is -9.16. The molecule has 0 aromatic heterocycles. The lowest BCUT2D eigenvalue weighted by Crippen LogP contribution is -2.61. The summed E-state index contributed by atoms with van der Waals surface area (Å²) in [4.78, 5) is 102. The molecule has 6 rings (SSSR count). The maximum Gasteiger partial charge on any atom is 0.329 e. The smallest absolute Gasteiger partial charge is 0.329 e. The minimum Gasteiger partial charge on any atom is -0.460 e. The largest absolute Gasteiger partial charge is 0.460 e. The highest BCUT2D eigenvalue weighted by molar-refractivity contribution is 6.39. The molecule has 5 aliphatic heterocycles. The average molecular weight is 1080 g/mol. The van der Waals surface area contributed by atoms with Crippen molar-refractivity contribution in [3.63, 3.8) is 0 Å². The number of esters is 1. The molecule has 0 spiro atoms. The molecule has 4 N–H and O–H groups in total. The van der Waals surface area contributed by atoms with Crippen LogP contribution in [-0.2, 0) is 52.5 Å². The minimum atomic E-state index is -2.57. The van der Waals surface area contributed by atoms with Crippen LogP contribution in [0.25, 0.3) is 0 Å². The minimum absolute atomic E-state index is 0.0249. The summed E-state index contributed by atoms with van der Waals surface area (Å²) in [6.07, 6.45) is 9.03. The van der Waals surface area contributed by atoms with Crippen molar-refractivity contribution in [2.45, 2.75) is 199 Å². The summed E-state index contributed by atoms with van der Waals surface area (Å²) in [6.45, 7) is 12.1. The van der Waals surface area contributed by atoms with E-state index in [-0.39, 0.29) is 87.3 Å². The van der Waals surface area contributed by atoms with Gasteiger partial charge < -0.3 is 53.9 Å². The van der Waals surface area contributed by atoms with Gasteiger partial charge in [0.2, 0.25) is 5.79 Å². The van der Waals surface area contributed by atoms with E-state index in [9.17, 15) is 54.0 Å². The lowest BCUT2D eigenvalue weighted by Gasteiger charge is -2.43. The molecule has 0 radical (unpaired) electrons. The van der Waals surface area contributed by atoms with Crippen molar-refractivity contribution in [2.75, 3.05) is 40.5 Å². The zero-order valence-electron chi connectivity index (χ0n) is 46.8. The van der Waals surface area contributed by atoms with Gasteiger partial charge in [-0.25, -0.2) is 9.59 Å². The van der Waals surface area contributed by atoms with Crippen LogP contribution in [0.3, 0.4) is 0 Å². The Morgan fingerprint density at radius 1 is 0.831 bits per heavy atom. The molecule has 77 heavy (non-hydrogen) atoms. The number of piperidine rings is 1. The molecule has 5 heterocycles. The van der Waals surface area contributed by atoms with Crippen LogP contribution in [0.1, 0.15) is 132 Å². The molecule has 0 aromatic rings. The Labute approximate surface area is 454 Å². The molecular formula is C58H87N3O16. The summed E-state index contributed by atoms with van der Waals surface area (Å²) >= 11 is 0. The van der Waals surface area contributed by atoms with Crippen molar-refractivity contribution < 1.29 is 77.7 Å². The van der Waals surface area contributed by atoms with Gasteiger partial charge in [-0.05, 0) is 107 Å². The highest BCUT2D eigenvalue weighted by atomic mass is 16.6. The summed E-state index contributed by atoms with van der Waals surface area (Å²) in [5, 5.41) is 43.8. The number of Topliss-reactive ketones (excluding diaryl/α,β-unsaturated/α-hetero) is 3. The molecular weight excluding hydrogens is 995 g/mol. The zero-order valence-corrected chi connectivity index (χ0v) is 46.8. The van der Waals surface area contributed by atoms with Crippen LogP contribution in [0.5, 0.6) is 0 Å². The fourth-order valence-corrected chi connectivity index (χ4v) is 12.3. The number of aliphatic hydroxyl groups is 4. The molecule has 4 saturated heterocycles. The van der Waals surface area contributed by atoms with E-state index >= 15 is 0 Å². The number of nitrogens with zero attached hydrogens (tertiary/aromatic N) is 3. The predicted molar refractivity (Wildman–Crippen MR) is 282 cm³/mol. The third-order valence-electron chi connectivity index (χ3n) is 17.2. The van der Waals surface area contributed by atoms with Crippen LogP contribution in [0.15, 0.2) is 47.6 Å². The number of urea groups is 1. The van der Waals surface area contributed by atoms with E-state index in [1.807, 2.05) is 51.2 Å². The quantitative estimate of drug-likeness (QED) is 0.103. The normalized spacial score (nSPS) is 38.7. The Balaban J connectivity index is 1.31. The Kier molecular flexibility index (Phi) is 22.1. The van der Waals surface area contributed by atoms with Gasteiger partial charge in [-0.3, -0.25) is 28.9 Å². The number of hydrogen-bond donors (Lipinski definition) is 4. The van der Waals surface area contributed by atoms with Crippen LogP contribution in [-0.4, -0.2) is 183 Å². The lowest BCUT2D eigenvalue weighted by atomic mass is 9.78. The number of methoxy groups -OCH3 is 2. The number of ether oxygens (including phenoxy) is 5. The molecule has 1 unspecified atom stereocenters. The van der Waals surface area contributed by atoms with Crippen molar-refractivity contribution >= 4 is 41.2 Å². The molecule has 17 atom stereocenters. The first-order valence-corrected chi connectivity index (χ1v) is 28.1. The number of ketones is 3. The molecule has 0 aromatic carbocycles. The molecule has 5 fully saturated rings. The highest BCUT2D eigenvalue weighted by Gasteiger charge is 2.54. The summed E-state index contributed by atoms with van der Waals surface area (Å²) < 4.78 is 30.5. The number of β-amino-alcohol motifs (C(OH)–C–C–N with tert-alkyl or cyclic N) is 1. The summed E-state index contributed by atoms with van der Waals surface area (Å²) in [5.41, 5.74) is 1.09. The number of carbonyl (C=O) groups excluding carboxylic acids is 7. The fraction of sp³-hybridized carbons (Fsp3) is 0.741. The second-order valence-corrected chi connectivity index (χ2v) is 23.0. The number of cyclic esters (lactones) is 1. The second kappa shape index (κ2) is 27.6. The molecule has 19 heteroatoms. The van der Waals surface area contributed by atoms with E-state index in [0.29, 0.717) is 63.4 Å². The Morgan fingerprint density at radius 3 is 2.26 bits per heavy atom. The molecule has 2 bridgehead atoms. The summed E-state index contributed by atoms with van der Waals surface area (Å²) in [7, 11) is 2.91. The molecule has 1 saturated carbocycles. The van der Waals surface area contributed by atoms with Crippen LogP contribution in [0, 0.1) is 35.5 Å². The standard InChI is InChI=1S/C58H87N3O16/c1-33-15-11-10-12-16-34(2)47(75-42-29-44-54(68)60(23-24-62)57(71)61(44)32-42)30-41-20-18-39(7)58(72,77-41)53(67)55(69)59-22-14-13-17-43(59)56(70)76-48(36(4)27-40-19-21-45(63)49(28-40)73-8)31-46(64)35(3)26-38(6)51(66)52(74-9)50(65)37(5)25-33/h10-12,15-16,26,33,35-37,39-45,47-49,51-52,62-63,66,72H,13-14,17-25,27-32H2,1-9H3/b12-10?,15-11+,34-16?,38-26+/t33-,35-,36-,37-,39-,40+,41+,42-,43+,44+,45-,47?,48+,49-,51-,52+,58-/m1/s1. The van der Waals surface area contributed by atoms with E-state index in [4.69, 9.17) is 23.7 Å². The maximum atomic E-state index is 14.6. The number of amides is 4. The van der Waals surface area contributed by atoms with E-state index in [1.165, 1.54) is 12.0 Å². The van der Waals surface area contributed by atoms with Gasteiger partial charge in [0.05, 0.1) is 43.7 Å². The first kappa shape index (κ1) is 61.7. The van der Waals surface area contributed by atoms with Crippen molar-refractivity contribution in [1.29, 1.82) is 0 Å². The first-order valence-electron chi connectivity index (χ1n) is 28.1. The van der Waals surface area contributed by atoms with E-state index < -0.39 is 108 Å². The number of aliphatic hydroxyl groups excluding tert-OH is 3. The monoisotopic (exact) mass is 1080 g/mol. The zero-order chi connectivity index (χ0) is 56.5. The Bertz CT molecular complexity index is 2220. The van der Waals surface area contributed by atoms with E-state index in [2.05, 4.69) is 0 Å². The molecule has 430 valence electrons. The van der Waals surface area contributed by atoms with Gasteiger partial charge >= 0.3 is 12.0 Å². The van der Waals surface area contributed by atoms with Crippen LogP contribution in [0.2, 0.25) is 0 Å². The molecule has 1 aliphatic carbocycles. The average Bonchev–Trinajstić information content (AvgIpc) is 3.95. The van der Waals surface area contributed by atoms with Gasteiger partial charge in [-0.1, -0.05) is 71.1 Å². The second-order valence-electron chi connectivity index (χ2n) is 23.0. The molecule has 6 aliphatic rings. The Hall–Kier alpha value is -4.47. The topological polar surface area (TPSA) is 256 Å². The van der Waals surface area contributed by atoms with Crippen molar-refractivity contribution in [3.8, 4) is 0 Å². The van der Waals surface area contributed by atoms with E-state index in [0.717, 1.165) is 15.4 Å². The van der Waals surface area contributed by atoms with Gasteiger partial charge in [0.1, 0.15) is 36.2 Å². The lowest BCUT2D eigenvalue weighted by molar-refractivity contribution is -0.266. The van der Waals surface area contributed by atoms with Gasteiger partial charge in [-0.2, -0.15) is 0 Å². The van der Waals surface area contributed by atoms with Crippen LogP contribution >= 0.6 is 0 Å². The van der Waals surface area contributed by atoms with Gasteiger partial charge in [-0.15, -0.1) is 0 Å². The number of carbonyl (C=O) groups is 7. The Morgan fingerprint density at radius 2 is 1.57 bits per heavy atom. The van der Waals surface area contributed by atoms with Crippen LogP contribution in [0.4, 0.5) is 4.79 Å². The summed E-state index contributed by atoms with van der Waals surface area (Å²) in [6, 6.07) is -2.46. The third-order valence-corrected chi connectivity index (χ3v) is 17.2. The number of fused-ring (bicyclic) bond motifs is 4. The van der Waals surface area contributed by atoms with Crippen molar-refractivity contribution in [3.05, 3.63) is 47.6 Å². The third kappa shape index (κ3) is 14.9. The maximum absolute atomic E-state index is 14.6. The first-order chi connectivity index (χ1) is 36.5. The van der Waals surface area contributed by atoms with Gasteiger partial charge in [0.15, 0.2) is 5.78 Å². The predicted octanol–water partition coefficient (Wildman–Crippen LogP) is 4.95. The molecule has 19 nitrogen and oxygen atoms in total. The van der Waals surface area contributed by atoms with Crippen molar-refractivity contribution in [1.82, 2.24) is 14.7 Å². The van der Waals surface area contributed by atoms with Gasteiger partial charge in [0, 0.05) is 64.3 Å². The number of rotatable bonds is 9. The van der Waals surface area contributed by atoms with Gasteiger partial charge in [0.25, 0.3) is 17.6 Å². The fourth-order valence-electron chi connectivity index (χ4n) is 12.3. The number of hydrogen-bond acceptors (Lipinski definition) is 16. The molecule has 4 amide bonds.